The Morgan fingerprint density at radius 2 is 1.90 bits per heavy atom. The van der Waals surface area contributed by atoms with Crippen LogP contribution in [-0.4, -0.2) is 15.0 Å². The van der Waals surface area contributed by atoms with Crippen LogP contribution >= 0.6 is 0 Å². The van der Waals surface area contributed by atoms with Gasteiger partial charge in [0.1, 0.15) is 0 Å². The van der Waals surface area contributed by atoms with Gasteiger partial charge in [-0.1, -0.05) is 60.7 Å². The molecule has 0 saturated carbocycles. The number of hydrogen-bond acceptors (Lipinski definition) is 3. The van der Waals surface area contributed by atoms with Crippen molar-refractivity contribution in [2.75, 3.05) is 11.9 Å². The highest BCUT2D eigenvalue weighted by molar-refractivity contribution is 7.89. The second kappa shape index (κ2) is 7.42. The highest BCUT2D eigenvalue weighted by Gasteiger charge is 2.38. The van der Waals surface area contributed by atoms with E-state index in [-0.39, 0.29) is 18.5 Å². The Morgan fingerprint density at radius 3 is 2.77 bits per heavy atom. The van der Waals surface area contributed by atoms with E-state index in [9.17, 15) is 8.42 Å². The SMILES string of the molecule is C=CCNS(=O)(=O)c1ccc2c(c1)C1C=CCC1C(c1cccc3ccccc13)N2. The summed E-state index contributed by atoms with van der Waals surface area (Å²) in [6, 6.07) is 20.5. The lowest BCUT2D eigenvalue weighted by Gasteiger charge is -2.38. The fourth-order valence-corrected chi connectivity index (χ4v) is 5.85. The molecule has 2 aliphatic rings. The van der Waals surface area contributed by atoms with Crippen molar-refractivity contribution in [2.45, 2.75) is 23.3 Å². The summed E-state index contributed by atoms with van der Waals surface area (Å²) < 4.78 is 27.8. The number of allylic oxidation sites excluding steroid dienone is 2. The predicted molar refractivity (Wildman–Crippen MR) is 122 cm³/mol. The lowest BCUT2D eigenvalue weighted by Crippen LogP contribution is -2.30. The van der Waals surface area contributed by atoms with Crippen molar-refractivity contribution in [1.29, 1.82) is 0 Å². The van der Waals surface area contributed by atoms with Crippen molar-refractivity contribution >= 4 is 26.5 Å². The molecule has 30 heavy (non-hydrogen) atoms. The molecule has 3 aromatic carbocycles. The van der Waals surface area contributed by atoms with E-state index < -0.39 is 10.0 Å². The molecule has 0 aromatic heterocycles. The van der Waals surface area contributed by atoms with Crippen molar-refractivity contribution in [2.24, 2.45) is 5.92 Å². The zero-order valence-electron chi connectivity index (χ0n) is 16.6. The Labute approximate surface area is 177 Å². The zero-order chi connectivity index (χ0) is 20.7. The normalized spacial score (nSPS) is 22.3. The molecule has 4 nitrogen and oxygen atoms in total. The molecule has 5 heteroatoms. The number of benzene rings is 3. The Bertz CT molecular complexity index is 1260. The van der Waals surface area contributed by atoms with Crippen LogP contribution in [0.2, 0.25) is 0 Å². The number of rotatable bonds is 5. The first-order chi connectivity index (χ1) is 14.6. The number of anilines is 1. The van der Waals surface area contributed by atoms with Crippen LogP contribution in [0.1, 0.15) is 29.5 Å². The lowest BCUT2D eigenvalue weighted by molar-refractivity contribution is 0.427. The van der Waals surface area contributed by atoms with E-state index in [2.05, 4.69) is 71.2 Å². The molecule has 1 aliphatic heterocycles. The third-order valence-electron chi connectivity index (χ3n) is 6.22. The number of nitrogens with one attached hydrogen (secondary N) is 2. The Balaban J connectivity index is 1.58. The van der Waals surface area contributed by atoms with Crippen LogP contribution in [-0.2, 0) is 10.0 Å². The molecule has 0 bridgehead atoms. The average Bonchev–Trinajstić information content (AvgIpc) is 3.27. The number of sulfonamides is 1. The molecule has 3 aromatic rings. The Morgan fingerprint density at radius 1 is 1.07 bits per heavy atom. The molecule has 2 N–H and O–H groups in total. The topological polar surface area (TPSA) is 58.2 Å². The first-order valence-electron chi connectivity index (χ1n) is 10.2. The van der Waals surface area contributed by atoms with Crippen molar-refractivity contribution in [3.8, 4) is 0 Å². The smallest absolute Gasteiger partial charge is 0.240 e. The standard InChI is InChI=1S/C25H24N2O2S/c1-2-15-26-30(28,29)18-13-14-24-23(16-18)20-10-6-12-22(20)25(27-24)21-11-5-8-17-7-3-4-9-19(17)21/h2-11,13-14,16,20,22,25-27H,1,12,15H2. The second-order valence-electron chi connectivity index (χ2n) is 7.93. The summed E-state index contributed by atoms with van der Waals surface area (Å²) in [5.41, 5.74) is 3.34. The first kappa shape index (κ1) is 19.1. The summed E-state index contributed by atoms with van der Waals surface area (Å²) in [4.78, 5) is 0.299. The highest BCUT2D eigenvalue weighted by Crippen LogP contribution is 2.51. The van der Waals surface area contributed by atoms with Gasteiger partial charge in [-0.05, 0) is 52.4 Å². The lowest BCUT2D eigenvalue weighted by atomic mass is 9.76. The zero-order valence-corrected chi connectivity index (χ0v) is 17.4. The van der Waals surface area contributed by atoms with Gasteiger partial charge in [0, 0.05) is 18.2 Å². The molecule has 0 radical (unpaired) electrons. The van der Waals surface area contributed by atoms with Crippen LogP contribution in [0.15, 0.2) is 90.4 Å². The molecule has 5 rings (SSSR count). The summed E-state index contributed by atoms with van der Waals surface area (Å²) in [5.74, 6) is 0.544. The van der Waals surface area contributed by atoms with Gasteiger partial charge in [-0.3, -0.25) is 0 Å². The minimum Gasteiger partial charge on any atom is -0.378 e. The molecular weight excluding hydrogens is 392 g/mol. The quantitative estimate of drug-likeness (QED) is 0.567. The van der Waals surface area contributed by atoms with Crippen molar-refractivity contribution in [3.05, 3.63) is 96.6 Å². The van der Waals surface area contributed by atoms with Crippen LogP contribution in [0.4, 0.5) is 5.69 Å². The van der Waals surface area contributed by atoms with E-state index in [1.807, 2.05) is 12.1 Å². The van der Waals surface area contributed by atoms with E-state index in [0.29, 0.717) is 10.8 Å². The molecule has 1 aliphatic carbocycles. The van der Waals surface area contributed by atoms with Gasteiger partial charge in [0.05, 0.1) is 10.9 Å². The van der Waals surface area contributed by atoms with Crippen LogP contribution in [0.3, 0.4) is 0 Å². The molecule has 3 atom stereocenters. The van der Waals surface area contributed by atoms with Crippen LogP contribution in [0, 0.1) is 5.92 Å². The van der Waals surface area contributed by atoms with Gasteiger partial charge in [0.15, 0.2) is 0 Å². The summed E-state index contributed by atoms with van der Waals surface area (Å²) in [7, 11) is -3.55. The van der Waals surface area contributed by atoms with E-state index in [1.54, 1.807) is 12.1 Å². The van der Waals surface area contributed by atoms with Crippen LogP contribution in [0.25, 0.3) is 10.8 Å². The molecule has 152 valence electrons. The molecule has 0 fully saturated rings. The monoisotopic (exact) mass is 416 g/mol. The van der Waals surface area contributed by atoms with Gasteiger partial charge >= 0.3 is 0 Å². The third-order valence-corrected chi connectivity index (χ3v) is 7.64. The van der Waals surface area contributed by atoms with Gasteiger partial charge < -0.3 is 5.32 Å². The average molecular weight is 417 g/mol. The minimum absolute atomic E-state index is 0.171. The maximum absolute atomic E-state index is 12.6. The van der Waals surface area contributed by atoms with E-state index in [4.69, 9.17) is 0 Å². The first-order valence-corrected chi connectivity index (χ1v) is 11.7. The van der Waals surface area contributed by atoms with Gasteiger partial charge in [-0.15, -0.1) is 6.58 Å². The fourth-order valence-electron chi connectivity index (χ4n) is 4.82. The van der Waals surface area contributed by atoms with E-state index in [1.165, 1.54) is 16.3 Å². The van der Waals surface area contributed by atoms with E-state index >= 15 is 0 Å². The predicted octanol–water partition coefficient (Wildman–Crippen LogP) is 5.13. The van der Waals surface area contributed by atoms with Gasteiger partial charge in [0.25, 0.3) is 0 Å². The molecule has 0 saturated heterocycles. The van der Waals surface area contributed by atoms with Gasteiger partial charge in [-0.25, -0.2) is 13.1 Å². The van der Waals surface area contributed by atoms with Crippen LogP contribution in [0.5, 0.6) is 0 Å². The molecular formula is C25H24N2O2S. The van der Waals surface area contributed by atoms with Crippen molar-refractivity contribution in [1.82, 2.24) is 4.72 Å². The molecule has 1 heterocycles. The molecule has 0 amide bonds. The summed E-state index contributed by atoms with van der Waals surface area (Å²) in [6.07, 6.45) is 6.97. The van der Waals surface area contributed by atoms with Crippen LogP contribution < -0.4 is 10.0 Å². The maximum atomic E-state index is 12.6. The molecule has 3 unspecified atom stereocenters. The summed E-state index contributed by atoms with van der Waals surface area (Å²) in [5, 5.41) is 6.23. The second-order valence-corrected chi connectivity index (χ2v) is 9.70. The number of hydrogen-bond donors (Lipinski definition) is 2. The van der Waals surface area contributed by atoms with Crippen molar-refractivity contribution in [3.63, 3.8) is 0 Å². The fraction of sp³-hybridized carbons (Fsp3) is 0.200. The van der Waals surface area contributed by atoms with E-state index in [0.717, 1.165) is 17.7 Å². The summed E-state index contributed by atoms with van der Waals surface area (Å²) >= 11 is 0. The third kappa shape index (κ3) is 3.15. The summed E-state index contributed by atoms with van der Waals surface area (Å²) in [6.45, 7) is 3.80. The van der Waals surface area contributed by atoms with Crippen molar-refractivity contribution < 1.29 is 8.42 Å². The minimum atomic E-state index is -3.55. The van der Waals surface area contributed by atoms with Gasteiger partial charge in [-0.2, -0.15) is 0 Å². The highest BCUT2D eigenvalue weighted by atomic mass is 32.2. The Kier molecular flexibility index (Phi) is 4.72. The Hall–Kier alpha value is -2.89. The number of fused-ring (bicyclic) bond motifs is 4. The maximum Gasteiger partial charge on any atom is 0.240 e. The molecule has 0 spiro atoms. The van der Waals surface area contributed by atoms with Gasteiger partial charge in [0.2, 0.25) is 10.0 Å². The largest absolute Gasteiger partial charge is 0.378 e.